The van der Waals surface area contributed by atoms with Gasteiger partial charge in [-0.2, -0.15) is 5.10 Å². The maximum absolute atomic E-state index is 12.5. The third-order valence-electron chi connectivity index (χ3n) is 5.31. The Morgan fingerprint density at radius 3 is 2.65 bits per heavy atom. The van der Waals surface area contributed by atoms with Crippen LogP contribution in [0.3, 0.4) is 0 Å². The number of hydrogen-bond donors (Lipinski definition) is 1. The number of furan rings is 1. The van der Waals surface area contributed by atoms with Crippen LogP contribution in [0.2, 0.25) is 0 Å². The minimum atomic E-state index is -0.440. The van der Waals surface area contributed by atoms with E-state index < -0.39 is 5.91 Å². The molecule has 1 heterocycles. The van der Waals surface area contributed by atoms with Gasteiger partial charge in [0.1, 0.15) is 17.9 Å². The summed E-state index contributed by atoms with van der Waals surface area (Å²) >= 11 is 6.88. The molecule has 7 heteroatoms. The number of hydrogen-bond acceptors (Lipinski definition) is 4. The number of carbonyl (C=O) groups is 1. The van der Waals surface area contributed by atoms with Crippen LogP contribution in [0.1, 0.15) is 21.7 Å². The molecule has 0 aliphatic heterocycles. The first-order valence-electron chi connectivity index (χ1n) is 10.5. The topological polar surface area (TPSA) is 63.8 Å². The molecule has 0 fully saturated rings. The highest BCUT2D eigenvalue weighted by Gasteiger charge is 2.14. The SMILES string of the molecule is O=C(N/N=C\c1ccccc1OCc1cccc2ccccc12)c1cc2cc(Br)cc(Br)c2o1. The van der Waals surface area contributed by atoms with Gasteiger partial charge >= 0.3 is 5.91 Å². The molecule has 1 N–H and O–H groups in total. The summed E-state index contributed by atoms with van der Waals surface area (Å²) in [4.78, 5) is 12.5. The predicted molar refractivity (Wildman–Crippen MR) is 141 cm³/mol. The van der Waals surface area contributed by atoms with Crippen molar-refractivity contribution < 1.29 is 13.9 Å². The Hall–Kier alpha value is -3.42. The van der Waals surface area contributed by atoms with E-state index in [0.29, 0.717) is 17.9 Å². The number of rotatable bonds is 6. The van der Waals surface area contributed by atoms with Gasteiger partial charge in [0, 0.05) is 15.4 Å². The number of halogens is 2. The molecule has 0 aliphatic rings. The van der Waals surface area contributed by atoms with Crippen LogP contribution in [-0.2, 0) is 6.61 Å². The molecule has 1 amide bonds. The van der Waals surface area contributed by atoms with Crippen LogP contribution in [0.5, 0.6) is 5.75 Å². The van der Waals surface area contributed by atoms with Crippen LogP contribution in [0, 0.1) is 0 Å². The molecule has 5 aromatic rings. The molecule has 0 radical (unpaired) electrons. The van der Waals surface area contributed by atoms with E-state index in [2.05, 4.69) is 66.7 Å². The van der Waals surface area contributed by atoms with Gasteiger partial charge in [-0.25, -0.2) is 5.43 Å². The van der Waals surface area contributed by atoms with Gasteiger partial charge in [-0.15, -0.1) is 0 Å². The van der Waals surface area contributed by atoms with Gasteiger partial charge in [0.05, 0.1) is 10.7 Å². The lowest BCUT2D eigenvalue weighted by molar-refractivity contribution is 0.0929. The fourth-order valence-electron chi connectivity index (χ4n) is 3.70. The summed E-state index contributed by atoms with van der Waals surface area (Å²) in [5.74, 6) is 0.405. The van der Waals surface area contributed by atoms with E-state index in [0.717, 1.165) is 30.8 Å². The van der Waals surface area contributed by atoms with Crippen LogP contribution in [0.4, 0.5) is 0 Å². The lowest BCUT2D eigenvalue weighted by atomic mass is 10.1. The van der Waals surface area contributed by atoms with Crippen molar-refractivity contribution in [2.75, 3.05) is 0 Å². The zero-order valence-electron chi connectivity index (χ0n) is 17.8. The number of hydrazone groups is 1. The zero-order chi connectivity index (χ0) is 23.5. The van der Waals surface area contributed by atoms with Crippen molar-refractivity contribution in [2.24, 2.45) is 5.10 Å². The highest BCUT2D eigenvalue weighted by Crippen LogP contribution is 2.31. The van der Waals surface area contributed by atoms with Gasteiger partial charge in [0.2, 0.25) is 0 Å². The molecule has 4 aromatic carbocycles. The van der Waals surface area contributed by atoms with Crippen molar-refractivity contribution in [3.8, 4) is 5.75 Å². The summed E-state index contributed by atoms with van der Waals surface area (Å²) in [6.45, 7) is 0.419. The van der Waals surface area contributed by atoms with Gasteiger partial charge in [-0.3, -0.25) is 4.79 Å². The number of para-hydroxylation sites is 1. The number of nitrogens with one attached hydrogen (secondary N) is 1. The molecule has 1 aromatic heterocycles. The number of nitrogens with zero attached hydrogens (tertiary/aromatic N) is 1. The molecule has 0 unspecified atom stereocenters. The number of ether oxygens (including phenoxy) is 1. The molecule has 34 heavy (non-hydrogen) atoms. The summed E-state index contributed by atoms with van der Waals surface area (Å²) in [5.41, 5.74) is 4.97. The summed E-state index contributed by atoms with van der Waals surface area (Å²) in [6, 6.07) is 27.4. The standard InChI is InChI=1S/C27H18Br2N2O3/c28-21-12-20-13-25(34-26(20)23(29)14-21)27(32)31-30-15-18-7-2-4-11-24(18)33-16-19-9-5-8-17-6-1-3-10-22(17)19/h1-15H,16H2,(H,31,32)/b30-15-. The average Bonchev–Trinajstić information content (AvgIpc) is 3.28. The first-order valence-corrected chi connectivity index (χ1v) is 12.1. The Bertz CT molecular complexity index is 1540. The average molecular weight is 578 g/mol. The van der Waals surface area contributed by atoms with Gasteiger partial charge in [-0.1, -0.05) is 70.5 Å². The Labute approximate surface area is 212 Å². The minimum absolute atomic E-state index is 0.173. The van der Waals surface area contributed by atoms with Crippen molar-refractivity contribution >= 4 is 65.7 Å². The molecule has 0 spiro atoms. The Morgan fingerprint density at radius 2 is 1.74 bits per heavy atom. The normalized spacial score (nSPS) is 11.4. The van der Waals surface area contributed by atoms with E-state index in [1.165, 1.54) is 5.39 Å². The summed E-state index contributed by atoms with van der Waals surface area (Å²) < 4.78 is 13.4. The zero-order valence-corrected chi connectivity index (χ0v) is 21.0. The quantitative estimate of drug-likeness (QED) is 0.168. The highest BCUT2D eigenvalue weighted by atomic mass is 79.9. The number of carbonyl (C=O) groups excluding carboxylic acids is 1. The van der Waals surface area contributed by atoms with E-state index in [1.807, 2.05) is 54.6 Å². The van der Waals surface area contributed by atoms with E-state index in [1.54, 1.807) is 12.3 Å². The Balaban J connectivity index is 1.29. The number of benzene rings is 4. The minimum Gasteiger partial charge on any atom is -0.488 e. The third kappa shape index (κ3) is 4.76. The molecule has 0 saturated carbocycles. The van der Waals surface area contributed by atoms with Crippen LogP contribution >= 0.6 is 31.9 Å². The monoisotopic (exact) mass is 576 g/mol. The van der Waals surface area contributed by atoms with Crippen LogP contribution in [-0.4, -0.2) is 12.1 Å². The Morgan fingerprint density at radius 1 is 0.941 bits per heavy atom. The fraction of sp³-hybridized carbons (Fsp3) is 0.0370. The van der Waals surface area contributed by atoms with Crippen molar-refractivity contribution in [2.45, 2.75) is 6.61 Å². The smallest absolute Gasteiger partial charge is 0.307 e. The van der Waals surface area contributed by atoms with Crippen molar-refractivity contribution in [1.29, 1.82) is 0 Å². The maximum atomic E-state index is 12.5. The number of amides is 1. The van der Waals surface area contributed by atoms with Crippen LogP contribution in [0.15, 0.2) is 103 Å². The summed E-state index contributed by atoms with van der Waals surface area (Å²) in [7, 11) is 0. The summed E-state index contributed by atoms with van der Waals surface area (Å²) in [6.07, 6.45) is 1.56. The van der Waals surface area contributed by atoms with Gasteiger partial charge in [-0.05, 0) is 62.6 Å². The summed E-state index contributed by atoms with van der Waals surface area (Å²) in [5, 5.41) is 7.25. The molecule has 168 valence electrons. The molecular weight excluding hydrogens is 560 g/mol. The molecule has 0 atom stereocenters. The second-order valence-corrected chi connectivity index (χ2v) is 9.35. The molecule has 0 bridgehead atoms. The second-order valence-electron chi connectivity index (χ2n) is 7.58. The van der Waals surface area contributed by atoms with E-state index >= 15 is 0 Å². The molecule has 5 rings (SSSR count). The van der Waals surface area contributed by atoms with E-state index in [9.17, 15) is 4.79 Å². The first kappa shape index (κ1) is 22.4. The first-order chi connectivity index (χ1) is 16.6. The lowest BCUT2D eigenvalue weighted by Gasteiger charge is -2.11. The molecule has 5 nitrogen and oxygen atoms in total. The second kappa shape index (κ2) is 9.83. The highest BCUT2D eigenvalue weighted by molar-refractivity contribution is 9.11. The van der Waals surface area contributed by atoms with Gasteiger partial charge < -0.3 is 9.15 Å². The van der Waals surface area contributed by atoms with Crippen molar-refractivity contribution in [3.05, 3.63) is 111 Å². The van der Waals surface area contributed by atoms with Crippen LogP contribution in [0.25, 0.3) is 21.7 Å². The van der Waals surface area contributed by atoms with E-state index in [4.69, 9.17) is 9.15 Å². The molecule has 0 saturated heterocycles. The van der Waals surface area contributed by atoms with Crippen molar-refractivity contribution in [3.63, 3.8) is 0 Å². The molecule has 0 aliphatic carbocycles. The van der Waals surface area contributed by atoms with Gasteiger partial charge in [0.15, 0.2) is 5.76 Å². The van der Waals surface area contributed by atoms with E-state index in [-0.39, 0.29) is 5.76 Å². The van der Waals surface area contributed by atoms with Gasteiger partial charge in [0.25, 0.3) is 0 Å². The largest absolute Gasteiger partial charge is 0.488 e. The van der Waals surface area contributed by atoms with Crippen molar-refractivity contribution in [1.82, 2.24) is 5.43 Å². The third-order valence-corrected chi connectivity index (χ3v) is 6.36. The fourth-order valence-corrected chi connectivity index (χ4v) is 5.03. The van der Waals surface area contributed by atoms with Crippen LogP contribution < -0.4 is 10.2 Å². The number of fused-ring (bicyclic) bond motifs is 2. The Kier molecular flexibility index (Phi) is 6.47. The predicted octanol–water partition coefficient (Wildman–Crippen LogP) is 7.45. The molecular formula is C27H18Br2N2O3. The lowest BCUT2D eigenvalue weighted by Crippen LogP contribution is -2.16. The maximum Gasteiger partial charge on any atom is 0.307 e.